The molecule has 3 heteroatoms. The Morgan fingerprint density at radius 2 is 2.05 bits per heavy atom. The predicted molar refractivity (Wildman–Crippen MR) is 72.3 cm³/mol. The van der Waals surface area contributed by atoms with E-state index in [4.69, 9.17) is 9.47 Å². The Hall–Kier alpha value is -1.22. The third-order valence-electron chi connectivity index (χ3n) is 5.13. The predicted octanol–water partition coefficient (Wildman–Crippen LogP) is 1.71. The summed E-state index contributed by atoms with van der Waals surface area (Å²) in [5.41, 5.74) is 1.36. The van der Waals surface area contributed by atoms with E-state index in [0.29, 0.717) is 6.79 Å². The fraction of sp³-hybridized carbons (Fsp3) is 0.625. The molecule has 19 heavy (non-hydrogen) atoms. The lowest BCUT2D eigenvalue weighted by Gasteiger charge is -2.19. The normalized spacial score (nSPS) is 31.1. The molecule has 2 N–H and O–H groups in total. The van der Waals surface area contributed by atoms with E-state index in [1.54, 1.807) is 0 Å². The second-order valence-electron chi connectivity index (χ2n) is 6.30. The fourth-order valence-electron chi connectivity index (χ4n) is 4.14. The molecule has 1 aromatic carbocycles. The summed E-state index contributed by atoms with van der Waals surface area (Å²) in [6.07, 6.45) is 7.08. The maximum absolute atomic E-state index is 5.43. The molecule has 0 aromatic heterocycles. The fourth-order valence-corrected chi connectivity index (χ4v) is 4.14. The molecule has 1 aromatic rings. The molecule has 1 heterocycles. The zero-order valence-electron chi connectivity index (χ0n) is 11.3. The lowest BCUT2D eigenvalue weighted by atomic mass is 9.95. The summed E-state index contributed by atoms with van der Waals surface area (Å²) < 4.78 is 10.8. The first-order valence-corrected chi connectivity index (χ1v) is 7.60. The maximum Gasteiger partial charge on any atom is 0.231 e. The molecule has 2 aliphatic carbocycles. The minimum atomic E-state index is 0.371. The highest BCUT2D eigenvalue weighted by Crippen LogP contribution is 2.43. The van der Waals surface area contributed by atoms with Crippen LogP contribution >= 0.6 is 0 Å². The SMILES string of the molecule is c1cc2c(cc1CC[NH2+][C@@H]1C[C@@H]3CC[C@@H]1C3)OCO2. The highest BCUT2D eigenvalue weighted by atomic mass is 16.7. The Kier molecular flexibility index (Phi) is 2.87. The van der Waals surface area contributed by atoms with Crippen LogP contribution < -0.4 is 14.8 Å². The smallest absolute Gasteiger partial charge is 0.231 e. The molecule has 3 atom stereocenters. The van der Waals surface area contributed by atoms with E-state index in [2.05, 4.69) is 17.4 Å². The molecule has 3 aliphatic rings. The first-order valence-electron chi connectivity index (χ1n) is 7.60. The molecule has 2 fully saturated rings. The van der Waals surface area contributed by atoms with Crippen LogP contribution in [0.2, 0.25) is 0 Å². The van der Waals surface area contributed by atoms with Crippen molar-refractivity contribution in [1.82, 2.24) is 0 Å². The summed E-state index contributed by atoms with van der Waals surface area (Å²) in [6.45, 7) is 1.57. The van der Waals surface area contributed by atoms with E-state index >= 15 is 0 Å². The topological polar surface area (TPSA) is 35.1 Å². The van der Waals surface area contributed by atoms with Gasteiger partial charge in [-0.25, -0.2) is 0 Å². The van der Waals surface area contributed by atoms with Crippen LogP contribution in [0.1, 0.15) is 31.2 Å². The van der Waals surface area contributed by atoms with Gasteiger partial charge in [-0.05, 0) is 42.9 Å². The molecule has 0 amide bonds. The molecule has 0 unspecified atom stereocenters. The van der Waals surface area contributed by atoms with Gasteiger partial charge in [0, 0.05) is 18.8 Å². The average molecular weight is 260 g/mol. The van der Waals surface area contributed by atoms with Crippen LogP contribution in [-0.2, 0) is 6.42 Å². The van der Waals surface area contributed by atoms with Crippen molar-refractivity contribution in [3.05, 3.63) is 23.8 Å². The van der Waals surface area contributed by atoms with Crippen LogP contribution in [0.5, 0.6) is 11.5 Å². The quantitative estimate of drug-likeness (QED) is 0.894. The van der Waals surface area contributed by atoms with Crippen molar-refractivity contribution in [2.24, 2.45) is 11.8 Å². The van der Waals surface area contributed by atoms with Gasteiger partial charge in [-0.3, -0.25) is 0 Å². The standard InChI is InChI=1S/C16H21NO2/c1-3-13-7-12(1)8-14(13)17-6-5-11-2-4-15-16(9-11)19-10-18-15/h2,4,9,12-14,17H,1,3,5-8,10H2/p+1/t12-,13-,14-/m1/s1. The second kappa shape index (κ2) is 4.71. The molecule has 2 bridgehead atoms. The van der Waals surface area contributed by atoms with E-state index in [1.807, 2.05) is 6.07 Å². The van der Waals surface area contributed by atoms with Crippen molar-refractivity contribution in [2.75, 3.05) is 13.3 Å². The summed E-state index contributed by atoms with van der Waals surface area (Å²) in [5, 5.41) is 2.59. The number of ether oxygens (including phenoxy) is 2. The Labute approximate surface area is 114 Å². The van der Waals surface area contributed by atoms with Crippen molar-refractivity contribution in [3.8, 4) is 11.5 Å². The number of hydrogen-bond acceptors (Lipinski definition) is 2. The highest BCUT2D eigenvalue weighted by Gasteiger charge is 2.41. The van der Waals surface area contributed by atoms with Gasteiger partial charge in [0.2, 0.25) is 6.79 Å². The lowest BCUT2D eigenvalue weighted by Crippen LogP contribution is -2.91. The average Bonchev–Trinajstić information content (AvgIpc) is 3.14. The molecule has 2 saturated carbocycles. The molecule has 1 aliphatic heterocycles. The van der Waals surface area contributed by atoms with Gasteiger partial charge in [0.1, 0.15) is 0 Å². The summed E-state index contributed by atoms with van der Waals surface area (Å²) in [6, 6.07) is 7.25. The van der Waals surface area contributed by atoms with Gasteiger partial charge in [0.05, 0.1) is 12.6 Å². The minimum absolute atomic E-state index is 0.371. The van der Waals surface area contributed by atoms with Gasteiger partial charge >= 0.3 is 0 Å². The molecule has 102 valence electrons. The molecule has 3 nitrogen and oxygen atoms in total. The number of benzene rings is 1. The Balaban J connectivity index is 1.30. The Bertz CT molecular complexity index is 474. The number of quaternary nitrogens is 1. The number of fused-ring (bicyclic) bond motifs is 3. The van der Waals surface area contributed by atoms with Crippen molar-refractivity contribution < 1.29 is 14.8 Å². The summed E-state index contributed by atoms with van der Waals surface area (Å²) >= 11 is 0. The van der Waals surface area contributed by atoms with E-state index in [-0.39, 0.29) is 0 Å². The van der Waals surface area contributed by atoms with E-state index in [9.17, 15) is 0 Å². The Morgan fingerprint density at radius 1 is 1.11 bits per heavy atom. The van der Waals surface area contributed by atoms with Crippen LogP contribution in [0.3, 0.4) is 0 Å². The molecular weight excluding hydrogens is 238 g/mol. The first kappa shape index (κ1) is 11.6. The van der Waals surface area contributed by atoms with Gasteiger partial charge in [0.25, 0.3) is 0 Å². The second-order valence-corrected chi connectivity index (χ2v) is 6.30. The van der Waals surface area contributed by atoms with Crippen molar-refractivity contribution >= 4 is 0 Å². The summed E-state index contributed by atoms with van der Waals surface area (Å²) in [7, 11) is 0. The van der Waals surface area contributed by atoms with Crippen LogP contribution in [0.25, 0.3) is 0 Å². The van der Waals surface area contributed by atoms with Crippen molar-refractivity contribution in [3.63, 3.8) is 0 Å². The van der Waals surface area contributed by atoms with Crippen LogP contribution in [-0.4, -0.2) is 19.4 Å². The zero-order valence-corrected chi connectivity index (χ0v) is 11.3. The van der Waals surface area contributed by atoms with E-state index in [1.165, 1.54) is 37.8 Å². The maximum atomic E-state index is 5.43. The monoisotopic (exact) mass is 260 g/mol. The third-order valence-corrected chi connectivity index (χ3v) is 5.13. The van der Waals surface area contributed by atoms with Gasteiger partial charge in [0.15, 0.2) is 11.5 Å². The van der Waals surface area contributed by atoms with Gasteiger partial charge in [-0.15, -0.1) is 0 Å². The largest absolute Gasteiger partial charge is 0.454 e. The van der Waals surface area contributed by atoms with E-state index < -0.39 is 0 Å². The van der Waals surface area contributed by atoms with Crippen LogP contribution in [0.4, 0.5) is 0 Å². The number of rotatable bonds is 4. The van der Waals surface area contributed by atoms with Crippen LogP contribution in [0, 0.1) is 11.8 Å². The zero-order chi connectivity index (χ0) is 12.7. The molecular formula is C16H22NO2+. The Morgan fingerprint density at radius 3 is 2.89 bits per heavy atom. The first-order chi connectivity index (χ1) is 9.38. The molecule has 0 spiro atoms. The summed E-state index contributed by atoms with van der Waals surface area (Å²) in [4.78, 5) is 0. The lowest BCUT2D eigenvalue weighted by molar-refractivity contribution is -0.694. The van der Waals surface area contributed by atoms with Gasteiger partial charge < -0.3 is 14.8 Å². The number of hydrogen-bond donors (Lipinski definition) is 1. The summed E-state index contributed by atoms with van der Waals surface area (Å²) in [5.74, 6) is 3.87. The third kappa shape index (κ3) is 2.20. The van der Waals surface area contributed by atoms with E-state index in [0.717, 1.165) is 35.8 Å². The highest BCUT2D eigenvalue weighted by molar-refractivity contribution is 5.44. The molecule has 4 rings (SSSR count). The van der Waals surface area contributed by atoms with Gasteiger partial charge in [-0.2, -0.15) is 0 Å². The number of nitrogens with two attached hydrogens (primary N) is 1. The van der Waals surface area contributed by atoms with Crippen molar-refractivity contribution in [2.45, 2.75) is 38.1 Å². The van der Waals surface area contributed by atoms with Crippen LogP contribution in [0.15, 0.2) is 18.2 Å². The van der Waals surface area contributed by atoms with Crippen molar-refractivity contribution in [1.29, 1.82) is 0 Å². The van der Waals surface area contributed by atoms with Gasteiger partial charge in [-0.1, -0.05) is 6.07 Å². The molecule has 0 radical (unpaired) electrons. The molecule has 0 saturated heterocycles. The minimum Gasteiger partial charge on any atom is -0.454 e.